The zero-order valence-electron chi connectivity index (χ0n) is 4.62. The van der Waals surface area contributed by atoms with Crippen molar-refractivity contribution < 1.29 is 28.9 Å². The van der Waals surface area contributed by atoms with Crippen molar-refractivity contribution in [1.82, 2.24) is 0 Å². The minimum absolute atomic E-state index is 0.597. The molecule has 5 N–H and O–H groups in total. The molecule has 58 valence electrons. The van der Waals surface area contributed by atoms with Crippen molar-refractivity contribution in [2.75, 3.05) is 13.1 Å². The fourth-order valence-electron chi connectivity index (χ4n) is 0. The van der Waals surface area contributed by atoms with Crippen LogP contribution in [0.4, 0.5) is 0 Å². The first-order chi connectivity index (χ1) is 3.91. The maximum atomic E-state index is 8.60. The first kappa shape index (κ1) is 11.8. The van der Waals surface area contributed by atoms with Crippen molar-refractivity contribution in [3.05, 3.63) is 0 Å². The summed E-state index contributed by atoms with van der Waals surface area (Å²) in [6.45, 7) is 1.19. The van der Waals surface area contributed by atoms with Crippen LogP contribution in [0.15, 0.2) is 0 Å². The van der Waals surface area contributed by atoms with Gasteiger partial charge in [0.05, 0.1) is 14.9 Å². The lowest BCUT2D eigenvalue weighted by molar-refractivity contribution is -1.92. The molecule has 0 saturated carbocycles. The smallest absolute Gasteiger partial charge is 0.0777 e. The summed E-state index contributed by atoms with van der Waals surface area (Å²) in [5.74, 6) is 0. The van der Waals surface area contributed by atoms with E-state index < -0.39 is 10.2 Å². The first-order valence-corrected chi connectivity index (χ1v) is 3.21. The van der Waals surface area contributed by atoms with Gasteiger partial charge in [0.25, 0.3) is 0 Å². The highest BCUT2D eigenvalue weighted by Crippen LogP contribution is 1.60. The molecule has 0 heterocycles. The Morgan fingerprint density at radius 3 is 1.22 bits per heavy atom. The Kier molecular flexibility index (Phi) is 8.09. The molecule has 0 aliphatic heterocycles. The van der Waals surface area contributed by atoms with Gasteiger partial charge in [0.15, 0.2) is 0 Å². The Bertz CT molecular complexity index is 47.0. The Morgan fingerprint density at radius 2 is 1.22 bits per heavy atom. The van der Waals surface area contributed by atoms with Crippen LogP contribution in [-0.4, -0.2) is 17.7 Å². The predicted octanol–water partition coefficient (Wildman–Crippen LogP) is -5.22. The number of nitrogens with two attached hydrogens (primary N) is 2. The highest BCUT2D eigenvalue weighted by Gasteiger charge is 1.98. The zero-order chi connectivity index (χ0) is 7.91. The third-order valence-corrected chi connectivity index (χ3v) is 0.167. The van der Waals surface area contributed by atoms with E-state index in [0.29, 0.717) is 13.1 Å². The van der Waals surface area contributed by atoms with Crippen LogP contribution in [-0.2, 0) is 0 Å². The van der Waals surface area contributed by atoms with E-state index in [2.05, 4.69) is 0 Å². The molecule has 0 atom stereocenters. The monoisotopic (exact) mass is 160 g/mol. The van der Waals surface area contributed by atoms with E-state index in [1.165, 1.54) is 0 Å². The van der Waals surface area contributed by atoms with E-state index in [9.17, 15) is 0 Å². The van der Waals surface area contributed by atoms with E-state index in [1.54, 1.807) is 0 Å². The molecule has 0 amide bonds. The van der Waals surface area contributed by atoms with Crippen LogP contribution in [0.25, 0.3) is 0 Å². The molecule has 6 nitrogen and oxygen atoms in total. The first-order valence-electron chi connectivity index (χ1n) is 1.95. The molecule has 9 heavy (non-hydrogen) atoms. The second kappa shape index (κ2) is 6.17. The highest BCUT2D eigenvalue weighted by molar-refractivity contribution is 4.26. The lowest BCUT2D eigenvalue weighted by Crippen LogP contribution is -2.58. The Labute approximate surface area is 54.4 Å². The minimum atomic E-state index is -4.69. The lowest BCUT2D eigenvalue weighted by atomic mass is 10.7. The molecular formula is C2H9ClN2O4. The molecule has 0 aliphatic carbocycles. The Balaban J connectivity index is 0. The molecule has 0 rings (SSSR count). The third-order valence-electron chi connectivity index (χ3n) is 0.167. The number of hydrogen-bond donors (Lipinski definition) is 3. The molecule has 0 unspecified atom stereocenters. The summed E-state index contributed by atoms with van der Waals surface area (Å²) in [5, 5.41) is 0. The molecule has 0 aromatic carbocycles. The van der Waals surface area contributed by atoms with Crippen LogP contribution in [0.2, 0.25) is 0 Å². The fraction of sp³-hybridized carbons (Fsp3) is 1.00. The summed E-state index contributed by atoms with van der Waals surface area (Å²) >= 11 is 0. The topological polar surface area (TPSA) is 141 Å². The van der Waals surface area contributed by atoms with E-state index in [1.807, 2.05) is 0 Å². The lowest BCUT2D eigenvalue weighted by Gasteiger charge is -2.03. The second-order valence-corrected chi connectivity index (χ2v) is 1.77. The maximum Gasteiger partial charge on any atom is 0.0777 e. The van der Waals surface area contributed by atoms with Crippen LogP contribution in [0, 0.1) is 10.2 Å². The van der Waals surface area contributed by atoms with Gasteiger partial charge in [-0.1, -0.05) is 0 Å². The van der Waals surface area contributed by atoms with Crippen molar-refractivity contribution in [2.24, 2.45) is 11.5 Å². The van der Waals surface area contributed by atoms with Crippen LogP contribution >= 0.6 is 0 Å². The van der Waals surface area contributed by atoms with Gasteiger partial charge in [-0.05, 0) is 0 Å². The largest absolute Gasteiger partial charge is 0.329 e. The van der Waals surface area contributed by atoms with Crippen LogP contribution in [0.5, 0.6) is 0 Å². The SMILES string of the molecule is NCCN.[O-][Cl+3]([O-])([O-])O. The van der Waals surface area contributed by atoms with Gasteiger partial charge < -0.3 is 11.5 Å². The average molecular weight is 161 g/mol. The van der Waals surface area contributed by atoms with E-state index in [-0.39, 0.29) is 0 Å². The molecule has 0 spiro atoms. The third kappa shape index (κ3) is 267. The van der Waals surface area contributed by atoms with Crippen molar-refractivity contribution >= 4 is 0 Å². The number of rotatable bonds is 1. The summed E-state index contributed by atoms with van der Waals surface area (Å²) in [7, 11) is -4.69. The van der Waals surface area contributed by atoms with Crippen molar-refractivity contribution in [3.63, 3.8) is 0 Å². The van der Waals surface area contributed by atoms with Crippen molar-refractivity contribution in [1.29, 1.82) is 0 Å². The van der Waals surface area contributed by atoms with Crippen LogP contribution < -0.4 is 25.4 Å². The van der Waals surface area contributed by atoms with E-state index >= 15 is 0 Å². The normalized spacial score (nSPS) is 10.0. The second-order valence-electron chi connectivity index (χ2n) is 0.973. The average Bonchev–Trinajstić information content (AvgIpc) is 1.61. The van der Waals surface area contributed by atoms with E-state index in [4.69, 9.17) is 30.1 Å². The van der Waals surface area contributed by atoms with Gasteiger partial charge in [-0.2, -0.15) is 14.0 Å². The molecule has 0 saturated heterocycles. The van der Waals surface area contributed by atoms with Gasteiger partial charge in [-0.15, -0.1) is 0 Å². The van der Waals surface area contributed by atoms with Crippen molar-refractivity contribution in [2.45, 2.75) is 0 Å². The minimum Gasteiger partial charge on any atom is -0.329 e. The van der Waals surface area contributed by atoms with Gasteiger partial charge >= 0.3 is 0 Å². The fourth-order valence-corrected chi connectivity index (χ4v) is 0. The van der Waals surface area contributed by atoms with Gasteiger partial charge in [0, 0.05) is 13.1 Å². The zero-order valence-corrected chi connectivity index (χ0v) is 5.37. The number of hydrogen-bond acceptors (Lipinski definition) is 6. The van der Waals surface area contributed by atoms with Crippen molar-refractivity contribution in [3.8, 4) is 0 Å². The molecule has 7 heteroatoms. The Morgan fingerprint density at radius 1 is 1.11 bits per heavy atom. The summed E-state index contributed by atoms with van der Waals surface area (Å²) in [6.07, 6.45) is 0. The predicted molar refractivity (Wildman–Crippen MR) is 20.3 cm³/mol. The molecule has 0 bridgehead atoms. The molecule has 0 aromatic rings. The summed E-state index contributed by atoms with van der Waals surface area (Å²) in [4.78, 5) is 0. The van der Waals surface area contributed by atoms with Crippen LogP contribution in [0.3, 0.4) is 0 Å². The summed E-state index contributed by atoms with van der Waals surface area (Å²) in [5.41, 5.74) is 9.81. The summed E-state index contributed by atoms with van der Waals surface area (Å²) < 4.78 is 32.7. The Hall–Kier alpha value is 0.0500. The van der Waals surface area contributed by atoms with Gasteiger partial charge in [0.2, 0.25) is 0 Å². The van der Waals surface area contributed by atoms with Crippen LogP contribution in [0.1, 0.15) is 0 Å². The molecule has 0 fully saturated rings. The molecule has 0 aromatic heterocycles. The molecule has 0 aliphatic rings. The summed E-state index contributed by atoms with van der Waals surface area (Å²) in [6, 6.07) is 0. The van der Waals surface area contributed by atoms with Gasteiger partial charge in [-0.3, -0.25) is 0 Å². The van der Waals surface area contributed by atoms with Gasteiger partial charge in [0.1, 0.15) is 0 Å². The maximum absolute atomic E-state index is 8.60. The highest BCUT2D eigenvalue weighted by atomic mass is 35.7. The van der Waals surface area contributed by atoms with E-state index in [0.717, 1.165) is 0 Å². The standard InChI is InChI=1S/C2H8N2.ClHO4/c3-1-2-4;2-1(3,4)5/h1-4H2;(H,2,3,4,5). The van der Waals surface area contributed by atoms with Gasteiger partial charge in [-0.25, -0.2) is 0 Å². The number of halogens is 1. The molecular weight excluding hydrogens is 151 g/mol. The quantitative estimate of drug-likeness (QED) is 0.350. The molecule has 0 radical (unpaired) electrons.